The maximum atomic E-state index is 13.8. The molecule has 3 nitrogen and oxygen atoms in total. The molecular formula is C17H24F2O3. The van der Waals surface area contributed by atoms with Gasteiger partial charge in [-0.3, -0.25) is 4.79 Å². The Kier molecular flexibility index (Phi) is 7.28. The van der Waals surface area contributed by atoms with Crippen LogP contribution in [0.5, 0.6) is 5.75 Å². The van der Waals surface area contributed by atoms with Gasteiger partial charge in [-0.15, -0.1) is 0 Å². The van der Waals surface area contributed by atoms with Crippen LogP contribution in [0.3, 0.4) is 0 Å². The average molecular weight is 314 g/mol. The number of carbonyl (C=O) groups excluding carboxylic acids is 1. The van der Waals surface area contributed by atoms with E-state index in [9.17, 15) is 13.6 Å². The van der Waals surface area contributed by atoms with E-state index in [-0.39, 0.29) is 24.1 Å². The molecular weight excluding hydrogens is 290 g/mol. The van der Waals surface area contributed by atoms with Crippen LogP contribution < -0.4 is 4.74 Å². The highest BCUT2D eigenvalue weighted by Crippen LogP contribution is 2.27. The van der Waals surface area contributed by atoms with Crippen molar-refractivity contribution in [2.45, 2.75) is 59.2 Å². The molecule has 1 rings (SSSR count). The van der Waals surface area contributed by atoms with Crippen molar-refractivity contribution in [1.29, 1.82) is 0 Å². The first kappa shape index (κ1) is 18.4. The Hall–Kier alpha value is -1.65. The second-order valence-corrected chi connectivity index (χ2v) is 5.28. The highest BCUT2D eigenvalue weighted by atomic mass is 19.1. The largest absolute Gasteiger partial charge is 0.483 e. The van der Waals surface area contributed by atoms with E-state index >= 15 is 0 Å². The lowest BCUT2D eigenvalue weighted by atomic mass is 9.93. The van der Waals surface area contributed by atoms with Crippen molar-refractivity contribution in [2.75, 3.05) is 0 Å². The van der Waals surface area contributed by atoms with Gasteiger partial charge < -0.3 is 9.47 Å². The van der Waals surface area contributed by atoms with Crippen molar-refractivity contribution in [3.05, 3.63) is 29.8 Å². The summed E-state index contributed by atoms with van der Waals surface area (Å²) in [5.41, 5.74) is 0. The lowest BCUT2D eigenvalue weighted by molar-refractivity contribution is -0.154. The van der Waals surface area contributed by atoms with Gasteiger partial charge in [0.25, 0.3) is 0 Å². The molecule has 0 aromatic heterocycles. The molecule has 124 valence electrons. The molecule has 0 spiro atoms. The van der Waals surface area contributed by atoms with Crippen LogP contribution in [0.25, 0.3) is 0 Å². The monoisotopic (exact) mass is 314 g/mol. The number of ether oxygens (including phenoxy) is 2. The molecule has 0 fully saturated rings. The zero-order valence-corrected chi connectivity index (χ0v) is 13.6. The highest BCUT2D eigenvalue weighted by molar-refractivity contribution is 5.69. The lowest BCUT2D eigenvalue weighted by Gasteiger charge is -2.31. The van der Waals surface area contributed by atoms with Gasteiger partial charge in [0.15, 0.2) is 11.6 Å². The number of hydrogen-bond acceptors (Lipinski definition) is 3. The van der Waals surface area contributed by atoms with Crippen LogP contribution in [-0.4, -0.2) is 18.2 Å². The first-order valence-corrected chi connectivity index (χ1v) is 7.74. The van der Waals surface area contributed by atoms with Crippen LogP contribution in [0.15, 0.2) is 18.2 Å². The van der Waals surface area contributed by atoms with Crippen molar-refractivity contribution in [2.24, 2.45) is 5.92 Å². The molecule has 2 unspecified atom stereocenters. The van der Waals surface area contributed by atoms with E-state index in [1.165, 1.54) is 0 Å². The maximum absolute atomic E-state index is 13.8. The Balaban J connectivity index is 2.99. The topological polar surface area (TPSA) is 35.5 Å². The maximum Gasteiger partial charge on any atom is 0.305 e. The van der Waals surface area contributed by atoms with E-state index in [1.54, 1.807) is 13.8 Å². The van der Waals surface area contributed by atoms with E-state index in [2.05, 4.69) is 0 Å². The van der Waals surface area contributed by atoms with Gasteiger partial charge in [0.1, 0.15) is 18.0 Å². The molecule has 0 aliphatic rings. The van der Waals surface area contributed by atoms with Gasteiger partial charge in [-0.1, -0.05) is 20.8 Å². The van der Waals surface area contributed by atoms with Crippen LogP contribution in [0.1, 0.15) is 47.0 Å². The smallest absolute Gasteiger partial charge is 0.305 e. The van der Waals surface area contributed by atoms with Gasteiger partial charge in [-0.25, -0.2) is 8.78 Å². The summed E-state index contributed by atoms with van der Waals surface area (Å²) in [6, 6.07) is 3.07. The molecule has 0 aliphatic heterocycles. The normalized spacial score (nSPS) is 13.8. The number of esters is 1. The number of rotatable bonds is 8. The summed E-state index contributed by atoms with van der Waals surface area (Å²) in [6.07, 6.45) is 0.758. The molecule has 2 atom stereocenters. The number of halogens is 2. The Morgan fingerprint density at radius 1 is 1.18 bits per heavy atom. The van der Waals surface area contributed by atoms with E-state index in [0.29, 0.717) is 0 Å². The molecule has 22 heavy (non-hydrogen) atoms. The Labute approximate surface area is 130 Å². The molecule has 0 heterocycles. The molecule has 1 aromatic carbocycles. The van der Waals surface area contributed by atoms with Crippen molar-refractivity contribution < 1.29 is 23.0 Å². The first-order valence-electron chi connectivity index (χ1n) is 7.74. The number of hydrogen-bond donors (Lipinski definition) is 0. The quantitative estimate of drug-likeness (QED) is 0.663. The van der Waals surface area contributed by atoms with Gasteiger partial charge in [0.2, 0.25) is 0 Å². The van der Waals surface area contributed by atoms with Crippen molar-refractivity contribution in [3.63, 3.8) is 0 Å². The molecule has 0 radical (unpaired) electrons. The molecule has 5 heteroatoms. The van der Waals surface area contributed by atoms with Crippen LogP contribution in [0.2, 0.25) is 0 Å². The van der Waals surface area contributed by atoms with Crippen molar-refractivity contribution >= 4 is 5.97 Å². The van der Waals surface area contributed by atoms with E-state index in [1.807, 2.05) is 13.8 Å². The SMILES string of the molecule is CCC(=O)OC(C)C(Oc1cc(F)ccc1F)C(CC)CC. The van der Waals surface area contributed by atoms with Crippen molar-refractivity contribution in [3.8, 4) is 5.75 Å². The van der Waals surface area contributed by atoms with E-state index in [4.69, 9.17) is 9.47 Å². The Morgan fingerprint density at radius 2 is 1.82 bits per heavy atom. The van der Waals surface area contributed by atoms with Crippen LogP contribution in [0, 0.1) is 17.6 Å². The summed E-state index contributed by atoms with van der Waals surface area (Å²) in [5, 5.41) is 0. The molecule has 0 saturated carbocycles. The lowest BCUT2D eigenvalue weighted by Crippen LogP contribution is -2.39. The van der Waals surface area contributed by atoms with Gasteiger partial charge in [-0.2, -0.15) is 0 Å². The Bertz CT molecular complexity index is 487. The predicted molar refractivity (Wildman–Crippen MR) is 80.7 cm³/mol. The molecule has 0 amide bonds. The molecule has 0 bridgehead atoms. The van der Waals surface area contributed by atoms with Gasteiger partial charge in [-0.05, 0) is 37.8 Å². The average Bonchev–Trinajstić information content (AvgIpc) is 2.50. The predicted octanol–water partition coefficient (Wildman–Crippen LogP) is 4.49. The van der Waals surface area contributed by atoms with Gasteiger partial charge in [0.05, 0.1) is 0 Å². The number of carbonyl (C=O) groups is 1. The minimum Gasteiger partial charge on any atom is -0.483 e. The zero-order chi connectivity index (χ0) is 16.7. The standard InChI is InChI=1S/C17H24F2O3/c1-5-12(6-2)17(11(4)21-16(20)7-3)22-15-10-13(18)8-9-14(15)19/h8-12,17H,5-7H2,1-4H3. The summed E-state index contributed by atoms with van der Waals surface area (Å²) in [7, 11) is 0. The third-order valence-corrected chi connectivity index (χ3v) is 3.74. The first-order chi connectivity index (χ1) is 10.4. The molecule has 0 N–H and O–H groups in total. The fourth-order valence-electron chi connectivity index (χ4n) is 2.40. The Morgan fingerprint density at radius 3 is 2.36 bits per heavy atom. The second kappa shape index (κ2) is 8.71. The highest BCUT2D eigenvalue weighted by Gasteiger charge is 2.30. The van der Waals surface area contributed by atoms with Gasteiger partial charge in [0, 0.05) is 12.5 Å². The van der Waals surface area contributed by atoms with Crippen LogP contribution in [-0.2, 0) is 9.53 Å². The summed E-state index contributed by atoms with van der Waals surface area (Å²) >= 11 is 0. The van der Waals surface area contributed by atoms with E-state index in [0.717, 1.165) is 31.0 Å². The summed E-state index contributed by atoms with van der Waals surface area (Å²) < 4.78 is 38.1. The third kappa shape index (κ3) is 4.97. The fourth-order valence-corrected chi connectivity index (χ4v) is 2.40. The second-order valence-electron chi connectivity index (χ2n) is 5.28. The molecule has 0 saturated heterocycles. The minimum absolute atomic E-state index is 0.0716. The van der Waals surface area contributed by atoms with Gasteiger partial charge >= 0.3 is 5.97 Å². The zero-order valence-electron chi connectivity index (χ0n) is 13.6. The summed E-state index contributed by atoms with van der Waals surface area (Å²) in [5.74, 6) is -1.63. The summed E-state index contributed by atoms with van der Waals surface area (Å²) in [4.78, 5) is 11.5. The fraction of sp³-hybridized carbons (Fsp3) is 0.588. The summed E-state index contributed by atoms with van der Waals surface area (Å²) in [6.45, 7) is 7.39. The molecule has 0 aliphatic carbocycles. The van der Waals surface area contributed by atoms with E-state index < -0.39 is 23.8 Å². The minimum atomic E-state index is -0.633. The molecule has 1 aromatic rings. The van der Waals surface area contributed by atoms with Crippen molar-refractivity contribution in [1.82, 2.24) is 0 Å². The number of benzene rings is 1. The third-order valence-electron chi connectivity index (χ3n) is 3.74. The van der Waals surface area contributed by atoms with Crippen LogP contribution in [0.4, 0.5) is 8.78 Å². The van der Waals surface area contributed by atoms with Crippen LogP contribution >= 0.6 is 0 Å².